The number of carboxylic acid groups (broad SMARTS) is 1. The van der Waals surface area contributed by atoms with Crippen LogP contribution in [0.4, 0.5) is 8.78 Å². The van der Waals surface area contributed by atoms with Crippen molar-refractivity contribution in [3.8, 4) is 0 Å². The number of carbonyl (C=O) groups is 1. The van der Waals surface area contributed by atoms with Crippen LogP contribution >= 0.6 is 0 Å². The van der Waals surface area contributed by atoms with Gasteiger partial charge in [-0.3, -0.25) is 0 Å². The maximum atomic E-state index is 12.8. The highest BCUT2D eigenvalue weighted by Crippen LogP contribution is 2.21. The van der Waals surface area contributed by atoms with Gasteiger partial charge in [0.25, 0.3) is 5.92 Å². The third kappa shape index (κ3) is 3.31. The first kappa shape index (κ1) is 14.4. The van der Waals surface area contributed by atoms with E-state index in [4.69, 9.17) is 14.6 Å². The van der Waals surface area contributed by atoms with E-state index in [-0.39, 0.29) is 12.3 Å². The van der Waals surface area contributed by atoms with Gasteiger partial charge in [-0.15, -0.1) is 0 Å². The van der Waals surface area contributed by atoms with Crippen molar-refractivity contribution in [3.63, 3.8) is 0 Å². The van der Waals surface area contributed by atoms with Crippen molar-refractivity contribution in [1.82, 2.24) is 5.32 Å². The highest BCUT2D eigenvalue weighted by atomic mass is 19.3. The molecule has 1 heterocycles. The fourth-order valence-corrected chi connectivity index (χ4v) is 1.75. The molecule has 0 atom stereocenters. The van der Waals surface area contributed by atoms with Crippen LogP contribution in [0, 0.1) is 0 Å². The van der Waals surface area contributed by atoms with Gasteiger partial charge in [-0.25, -0.2) is 13.6 Å². The molecule has 0 spiro atoms. The summed E-state index contributed by atoms with van der Waals surface area (Å²) in [6.07, 6.45) is 0. The fourth-order valence-electron chi connectivity index (χ4n) is 1.75. The molecule has 0 aliphatic rings. The first-order valence-electron chi connectivity index (χ1n) is 5.86. The predicted octanol–water partition coefficient (Wildman–Crippen LogP) is 1.85. The van der Waals surface area contributed by atoms with Gasteiger partial charge in [0, 0.05) is 11.9 Å². The van der Waals surface area contributed by atoms with Gasteiger partial charge in [0.2, 0.25) is 5.76 Å². The summed E-state index contributed by atoms with van der Waals surface area (Å²) in [5.41, 5.74) is 1.14. The average Bonchev–Trinajstić information content (AvgIpc) is 2.82. The second-order valence-electron chi connectivity index (χ2n) is 4.41. The van der Waals surface area contributed by atoms with Crippen LogP contribution < -0.4 is 5.32 Å². The molecule has 20 heavy (non-hydrogen) atoms. The van der Waals surface area contributed by atoms with Gasteiger partial charge in [-0.1, -0.05) is 6.07 Å². The maximum absolute atomic E-state index is 12.8. The Morgan fingerprint density at radius 3 is 2.75 bits per heavy atom. The molecule has 0 aliphatic carbocycles. The van der Waals surface area contributed by atoms with E-state index in [1.54, 1.807) is 18.2 Å². The van der Waals surface area contributed by atoms with Crippen LogP contribution in [0.5, 0.6) is 0 Å². The first-order chi connectivity index (χ1) is 9.41. The number of aromatic carboxylic acids is 1. The smallest absolute Gasteiger partial charge is 0.371 e. The molecule has 0 saturated carbocycles. The Labute approximate surface area is 112 Å². The first-order valence-corrected chi connectivity index (χ1v) is 5.86. The number of aliphatic hydroxyl groups excluding tert-OH is 1. The molecule has 0 fully saturated rings. The third-order valence-electron chi connectivity index (χ3n) is 2.74. The van der Waals surface area contributed by atoms with Crippen molar-refractivity contribution in [1.29, 1.82) is 0 Å². The number of hydrogen-bond donors (Lipinski definition) is 3. The van der Waals surface area contributed by atoms with E-state index >= 15 is 0 Å². The van der Waals surface area contributed by atoms with Gasteiger partial charge in [-0.2, -0.15) is 0 Å². The van der Waals surface area contributed by atoms with Crippen molar-refractivity contribution in [2.24, 2.45) is 0 Å². The Morgan fingerprint density at radius 2 is 2.10 bits per heavy atom. The summed E-state index contributed by atoms with van der Waals surface area (Å²) in [6, 6.07) is 6.28. The lowest BCUT2D eigenvalue weighted by Gasteiger charge is -2.13. The predicted molar refractivity (Wildman–Crippen MR) is 66.9 cm³/mol. The number of nitrogens with one attached hydrogen (secondary N) is 1. The van der Waals surface area contributed by atoms with Crippen molar-refractivity contribution in [2.75, 3.05) is 13.2 Å². The van der Waals surface area contributed by atoms with E-state index in [0.717, 1.165) is 0 Å². The van der Waals surface area contributed by atoms with E-state index in [0.29, 0.717) is 16.5 Å². The molecule has 3 N–H and O–H groups in total. The molecule has 7 heteroatoms. The van der Waals surface area contributed by atoms with E-state index in [1.165, 1.54) is 6.07 Å². The minimum atomic E-state index is -3.16. The van der Waals surface area contributed by atoms with Gasteiger partial charge < -0.3 is 19.9 Å². The quantitative estimate of drug-likeness (QED) is 0.754. The number of furan rings is 1. The summed E-state index contributed by atoms with van der Waals surface area (Å²) in [6.45, 7) is -1.66. The number of fused-ring (bicyclic) bond motifs is 1. The van der Waals surface area contributed by atoms with Crippen LogP contribution in [0.2, 0.25) is 0 Å². The molecule has 5 nitrogen and oxygen atoms in total. The molecule has 2 aromatic rings. The molecule has 1 aromatic heterocycles. The minimum Gasteiger partial charge on any atom is -0.475 e. The van der Waals surface area contributed by atoms with Crippen molar-refractivity contribution < 1.29 is 28.2 Å². The zero-order valence-corrected chi connectivity index (χ0v) is 10.4. The maximum Gasteiger partial charge on any atom is 0.371 e. The summed E-state index contributed by atoms with van der Waals surface area (Å²) >= 11 is 0. The summed E-state index contributed by atoms with van der Waals surface area (Å²) in [5, 5.41) is 20.4. The summed E-state index contributed by atoms with van der Waals surface area (Å²) in [7, 11) is 0. The molecular formula is C13H13F2NO4. The van der Waals surface area contributed by atoms with Crippen molar-refractivity contribution in [3.05, 3.63) is 35.6 Å². The topological polar surface area (TPSA) is 82.7 Å². The fraction of sp³-hybridized carbons (Fsp3) is 0.308. The number of benzene rings is 1. The zero-order chi connectivity index (χ0) is 14.8. The summed E-state index contributed by atoms with van der Waals surface area (Å²) in [5.74, 6) is -4.49. The zero-order valence-electron chi connectivity index (χ0n) is 10.4. The number of rotatable bonds is 6. The van der Waals surface area contributed by atoms with Gasteiger partial charge in [0.1, 0.15) is 12.2 Å². The second kappa shape index (κ2) is 5.56. The number of carboxylic acids is 1. The lowest BCUT2D eigenvalue weighted by Crippen LogP contribution is -2.35. The standard InChI is InChI=1S/C13H13F2NO4/c14-13(15,7-17)6-16-5-8-1-2-10-9(3-8)4-11(20-10)12(18)19/h1-4,16-17H,5-7H2,(H,18,19). The van der Waals surface area contributed by atoms with Crippen LogP contribution in [0.15, 0.2) is 28.7 Å². The van der Waals surface area contributed by atoms with E-state index in [1.807, 2.05) is 0 Å². The lowest BCUT2D eigenvalue weighted by molar-refractivity contribution is -0.0477. The molecule has 0 saturated heterocycles. The van der Waals surface area contributed by atoms with Crippen LogP contribution in [-0.4, -0.2) is 35.3 Å². The molecule has 0 amide bonds. The molecule has 108 valence electrons. The Morgan fingerprint density at radius 1 is 1.35 bits per heavy atom. The number of alkyl halides is 2. The van der Waals surface area contributed by atoms with E-state index in [9.17, 15) is 13.6 Å². The molecular weight excluding hydrogens is 272 g/mol. The number of halogens is 2. The Balaban J connectivity index is 2.06. The third-order valence-corrected chi connectivity index (χ3v) is 2.74. The Hall–Kier alpha value is -1.99. The van der Waals surface area contributed by atoms with E-state index < -0.39 is 25.0 Å². The normalized spacial score (nSPS) is 11.9. The molecule has 1 aromatic carbocycles. The molecule has 0 aliphatic heterocycles. The summed E-state index contributed by atoms with van der Waals surface area (Å²) < 4.78 is 30.7. The Bertz CT molecular complexity index is 624. The van der Waals surface area contributed by atoms with Crippen molar-refractivity contribution in [2.45, 2.75) is 12.5 Å². The average molecular weight is 285 g/mol. The molecule has 0 bridgehead atoms. The van der Waals surface area contributed by atoms with E-state index in [2.05, 4.69) is 5.32 Å². The summed E-state index contributed by atoms with van der Waals surface area (Å²) in [4.78, 5) is 10.8. The highest BCUT2D eigenvalue weighted by Gasteiger charge is 2.26. The monoisotopic (exact) mass is 285 g/mol. The second-order valence-corrected chi connectivity index (χ2v) is 4.41. The van der Waals surface area contributed by atoms with Gasteiger partial charge in [-0.05, 0) is 23.8 Å². The van der Waals surface area contributed by atoms with Crippen LogP contribution in [0.1, 0.15) is 16.1 Å². The van der Waals surface area contributed by atoms with Crippen LogP contribution in [0.25, 0.3) is 11.0 Å². The van der Waals surface area contributed by atoms with Gasteiger partial charge in [0.15, 0.2) is 0 Å². The molecule has 0 radical (unpaired) electrons. The Kier molecular flexibility index (Phi) is 4.01. The van der Waals surface area contributed by atoms with Crippen LogP contribution in [-0.2, 0) is 6.54 Å². The SMILES string of the molecule is O=C(O)c1cc2cc(CNCC(F)(F)CO)ccc2o1. The lowest BCUT2D eigenvalue weighted by atomic mass is 10.1. The minimum absolute atomic E-state index is 0.170. The van der Waals surface area contributed by atoms with Crippen molar-refractivity contribution >= 4 is 16.9 Å². The van der Waals surface area contributed by atoms with Gasteiger partial charge >= 0.3 is 5.97 Å². The highest BCUT2D eigenvalue weighted by molar-refractivity contribution is 5.91. The largest absolute Gasteiger partial charge is 0.475 e. The molecule has 2 rings (SSSR count). The number of aliphatic hydroxyl groups is 1. The molecule has 0 unspecified atom stereocenters. The number of hydrogen-bond acceptors (Lipinski definition) is 4. The van der Waals surface area contributed by atoms with Gasteiger partial charge in [0.05, 0.1) is 6.54 Å². The van der Waals surface area contributed by atoms with Crippen LogP contribution in [0.3, 0.4) is 0 Å².